The summed E-state index contributed by atoms with van der Waals surface area (Å²) in [5.74, 6) is 2.65. The molecule has 7 heteroatoms. The van der Waals surface area contributed by atoms with Gasteiger partial charge in [0.1, 0.15) is 0 Å². The zero-order chi connectivity index (χ0) is 18.2. The third-order valence-corrected chi connectivity index (χ3v) is 4.35. The number of rotatable bonds is 8. The predicted octanol–water partition coefficient (Wildman–Crippen LogP) is 3.20. The molecule has 0 spiro atoms. The number of methoxy groups -OCH3 is 4. The van der Waals surface area contributed by atoms with Crippen molar-refractivity contribution in [1.29, 1.82) is 0 Å². The van der Waals surface area contributed by atoms with Gasteiger partial charge in [0, 0.05) is 10.5 Å². The van der Waals surface area contributed by atoms with Crippen LogP contribution in [0.2, 0.25) is 0 Å². The summed E-state index contributed by atoms with van der Waals surface area (Å²) in [6, 6.07) is 10.7. The first-order chi connectivity index (χ1) is 12.1. The number of amides is 1. The van der Waals surface area contributed by atoms with E-state index >= 15 is 0 Å². The molecule has 0 radical (unpaired) electrons. The van der Waals surface area contributed by atoms with E-state index in [9.17, 15) is 4.79 Å². The summed E-state index contributed by atoms with van der Waals surface area (Å²) < 4.78 is 20.9. The largest absolute Gasteiger partial charge is 0.493 e. The minimum Gasteiger partial charge on any atom is -0.493 e. The Balaban J connectivity index is 1.96. The van der Waals surface area contributed by atoms with Gasteiger partial charge in [-0.15, -0.1) is 11.8 Å². The monoisotopic (exact) mass is 363 g/mol. The number of thioether (sulfide) groups is 1. The van der Waals surface area contributed by atoms with Crippen LogP contribution in [0, 0.1) is 0 Å². The molecule has 0 heterocycles. The van der Waals surface area contributed by atoms with Gasteiger partial charge in [0.2, 0.25) is 0 Å². The Kier molecular flexibility index (Phi) is 6.82. The fourth-order valence-electron chi connectivity index (χ4n) is 2.17. The van der Waals surface area contributed by atoms with E-state index in [4.69, 9.17) is 18.9 Å². The quantitative estimate of drug-likeness (QED) is 0.574. The molecule has 2 aromatic rings. The van der Waals surface area contributed by atoms with Crippen molar-refractivity contribution in [3.05, 3.63) is 42.0 Å². The summed E-state index contributed by atoms with van der Waals surface area (Å²) in [7, 11) is 6.27. The SMILES string of the molecule is COc1ccc(SCNC(=O)c2ccc(OC)c(OC)c2)cc1OC. The second-order valence-electron chi connectivity index (χ2n) is 4.88. The highest BCUT2D eigenvalue weighted by atomic mass is 32.2. The Labute approximate surface area is 151 Å². The van der Waals surface area contributed by atoms with Gasteiger partial charge >= 0.3 is 0 Å². The highest BCUT2D eigenvalue weighted by Crippen LogP contribution is 2.31. The Morgan fingerprint density at radius 3 is 2.00 bits per heavy atom. The predicted molar refractivity (Wildman–Crippen MR) is 97.3 cm³/mol. The van der Waals surface area contributed by atoms with E-state index in [2.05, 4.69) is 5.32 Å². The summed E-state index contributed by atoms with van der Waals surface area (Å²) in [6.07, 6.45) is 0. The first kappa shape index (κ1) is 18.8. The maximum absolute atomic E-state index is 12.3. The molecule has 0 atom stereocenters. The first-order valence-electron chi connectivity index (χ1n) is 7.48. The molecule has 1 amide bonds. The number of carbonyl (C=O) groups is 1. The molecule has 0 unspecified atom stereocenters. The van der Waals surface area contributed by atoms with Crippen LogP contribution in [-0.2, 0) is 0 Å². The minimum atomic E-state index is -0.186. The van der Waals surface area contributed by atoms with Crippen molar-refractivity contribution in [3.63, 3.8) is 0 Å². The molecule has 134 valence electrons. The van der Waals surface area contributed by atoms with Crippen LogP contribution in [0.1, 0.15) is 10.4 Å². The number of carbonyl (C=O) groups excluding carboxylic acids is 1. The van der Waals surface area contributed by atoms with Crippen LogP contribution in [0.25, 0.3) is 0 Å². The van der Waals surface area contributed by atoms with Crippen LogP contribution < -0.4 is 24.3 Å². The van der Waals surface area contributed by atoms with E-state index in [0.29, 0.717) is 34.4 Å². The molecule has 1 N–H and O–H groups in total. The molecule has 0 aliphatic rings. The van der Waals surface area contributed by atoms with Gasteiger partial charge in [0.15, 0.2) is 23.0 Å². The van der Waals surface area contributed by atoms with E-state index in [-0.39, 0.29) is 5.91 Å². The van der Waals surface area contributed by atoms with Gasteiger partial charge in [-0.05, 0) is 36.4 Å². The van der Waals surface area contributed by atoms with E-state index < -0.39 is 0 Å². The molecule has 0 bridgehead atoms. The Morgan fingerprint density at radius 2 is 1.40 bits per heavy atom. The number of hydrogen-bond donors (Lipinski definition) is 1. The second kappa shape index (κ2) is 9.08. The standard InChI is InChI=1S/C18H21NO5S/c1-21-14-7-5-12(9-16(14)23-3)18(20)19-11-25-13-6-8-15(22-2)17(10-13)24-4/h5-10H,11H2,1-4H3,(H,19,20). The Hall–Kier alpha value is -2.54. The second-order valence-corrected chi connectivity index (χ2v) is 5.93. The van der Waals surface area contributed by atoms with Crippen LogP contribution in [0.3, 0.4) is 0 Å². The lowest BCUT2D eigenvalue weighted by atomic mass is 10.2. The van der Waals surface area contributed by atoms with Gasteiger partial charge in [0.25, 0.3) is 5.91 Å². The van der Waals surface area contributed by atoms with E-state index in [0.717, 1.165) is 4.90 Å². The molecule has 0 aliphatic heterocycles. The van der Waals surface area contributed by atoms with E-state index in [1.807, 2.05) is 18.2 Å². The molecule has 0 saturated heterocycles. The lowest BCUT2D eigenvalue weighted by molar-refractivity contribution is 0.0960. The van der Waals surface area contributed by atoms with Crippen LogP contribution in [0.15, 0.2) is 41.3 Å². The molecule has 0 aromatic heterocycles. The third kappa shape index (κ3) is 4.73. The maximum atomic E-state index is 12.3. The summed E-state index contributed by atoms with van der Waals surface area (Å²) in [6.45, 7) is 0. The molecule has 2 aromatic carbocycles. The fourth-order valence-corrected chi connectivity index (χ4v) is 2.90. The lowest BCUT2D eigenvalue weighted by Crippen LogP contribution is -2.22. The zero-order valence-electron chi connectivity index (χ0n) is 14.6. The van der Waals surface area contributed by atoms with Gasteiger partial charge in [-0.25, -0.2) is 0 Å². The Bertz CT molecular complexity index is 735. The number of nitrogens with one attached hydrogen (secondary N) is 1. The summed E-state index contributed by atoms with van der Waals surface area (Å²) in [5, 5.41) is 2.86. The molecule has 0 fully saturated rings. The highest BCUT2D eigenvalue weighted by Gasteiger charge is 2.11. The maximum Gasteiger partial charge on any atom is 0.252 e. The number of hydrogen-bond acceptors (Lipinski definition) is 6. The van der Waals surface area contributed by atoms with E-state index in [1.165, 1.54) is 18.9 Å². The topological polar surface area (TPSA) is 66.0 Å². The molecule has 25 heavy (non-hydrogen) atoms. The van der Waals surface area contributed by atoms with Gasteiger partial charge in [-0.3, -0.25) is 4.79 Å². The summed E-state index contributed by atoms with van der Waals surface area (Å²) >= 11 is 1.49. The molecule has 0 aliphatic carbocycles. The fraction of sp³-hybridized carbons (Fsp3) is 0.278. The van der Waals surface area contributed by atoms with E-state index in [1.54, 1.807) is 39.5 Å². The summed E-state index contributed by atoms with van der Waals surface area (Å²) in [4.78, 5) is 13.2. The lowest BCUT2D eigenvalue weighted by Gasteiger charge is -2.11. The van der Waals surface area contributed by atoms with Crippen LogP contribution in [0.5, 0.6) is 23.0 Å². The molecule has 0 saturated carbocycles. The minimum absolute atomic E-state index is 0.186. The normalized spacial score (nSPS) is 10.1. The van der Waals surface area contributed by atoms with Crippen molar-refractivity contribution in [1.82, 2.24) is 5.32 Å². The van der Waals surface area contributed by atoms with Crippen LogP contribution in [0.4, 0.5) is 0 Å². The van der Waals surface area contributed by atoms with Crippen molar-refractivity contribution in [3.8, 4) is 23.0 Å². The van der Waals surface area contributed by atoms with Crippen molar-refractivity contribution < 1.29 is 23.7 Å². The van der Waals surface area contributed by atoms with Crippen molar-refractivity contribution in [2.75, 3.05) is 34.3 Å². The summed E-state index contributed by atoms with van der Waals surface area (Å²) in [5.41, 5.74) is 0.505. The van der Waals surface area contributed by atoms with Crippen LogP contribution in [-0.4, -0.2) is 40.2 Å². The van der Waals surface area contributed by atoms with Gasteiger partial charge in [0.05, 0.1) is 34.3 Å². The molecule has 6 nitrogen and oxygen atoms in total. The average molecular weight is 363 g/mol. The van der Waals surface area contributed by atoms with Crippen molar-refractivity contribution in [2.45, 2.75) is 4.90 Å². The van der Waals surface area contributed by atoms with Crippen molar-refractivity contribution >= 4 is 17.7 Å². The highest BCUT2D eigenvalue weighted by molar-refractivity contribution is 7.99. The van der Waals surface area contributed by atoms with Crippen molar-refractivity contribution in [2.24, 2.45) is 0 Å². The Morgan fingerprint density at radius 1 is 0.840 bits per heavy atom. The first-order valence-corrected chi connectivity index (χ1v) is 8.46. The number of benzene rings is 2. The molecular formula is C18H21NO5S. The average Bonchev–Trinajstić information content (AvgIpc) is 2.66. The molecular weight excluding hydrogens is 342 g/mol. The zero-order valence-corrected chi connectivity index (χ0v) is 15.4. The van der Waals surface area contributed by atoms with Gasteiger partial charge in [-0.1, -0.05) is 0 Å². The van der Waals surface area contributed by atoms with Gasteiger partial charge < -0.3 is 24.3 Å². The number of ether oxygens (including phenoxy) is 4. The van der Waals surface area contributed by atoms with Gasteiger partial charge in [-0.2, -0.15) is 0 Å². The smallest absolute Gasteiger partial charge is 0.252 e. The van der Waals surface area contributed by atoms with Crippen LogP contribution >= 0.6 is 11.8 Å². The third-order valence-electron chi connectivity index (χ3n) is 3.47. The molecule has 2 rings (SSSR count).